The van der Waals surface area contributed by atoms with E-state index in [9.17, 15) is 9.90 Å². The summed E-state index contributed by atoms with van der Waals surface area (Å²) in [5, 5.41) is 13.2. The highest BCUT2D eigenvalue weighted by Gasteiger charge is 2.38. The molecule has 3 rings (SSSR count). The second-order valence-electron chi connectivity index (χ2n) is 7.48. The van der Waals surface area contributed by atoms with Gasteiger partial charge in [0.2, 0.25) is 0 Å². The number of anilines is 1. The summed E-state index contributed by atoms with van der Waals surface area (Å²) >= 11 is 0. The van der Waals surface area contributed by atoms with Crippen molar-refractivity contribution >= 4 is 11.7 Å². The lowest BCUT2D eigenvalue weighted by Gasteiger charge is -2.33. The van der Waals surface area contributed by atoms with Crippen LogP contribution in [0.4, 0.5) is 10.5 Å². The van der Waals surface area contributed by atoms with Crippen molar-refractivity contribution < 1.29 is 14.6 Å². The highest BCUT2D eigenvalue weighted by Crippen LogP contribution is 2.28. The molecule has 1 aromatic rings. The van der Waals surface area contributed by atoms with E-state index in [2.05, 4.69) is 5.32 Å². The molecule has 1 saturated carbocycles. The average Bonchev–Trinajstić information content (AvgIpc) is 3.19. The van der Waals surface area contributed by atoms with Gasteiger partial charge in [0.25, 0.3) is 0 Å². The Morgan fingerprint density at radius 2 is 1.83 bits per heavy atom. The Hall–Kier alpha value is -1.75. The standard InChI is InChI=1S/C19H28N2O3/c1-19(2,23)17-8-5-13-21(17)18(22)20-14-9-11-16(12-10-14)24-15-6-3-4-7-15/h9-12,15,17,23H,3-8,13H2,1-2H3,(H,20,22). The van der Waals surface area contributed by atoms with Gasteiger partial charge < -0.3 is 20.1 Å². The van der Waals surface area contributed by atoms with Crippen LogP contribution in [0, 0.1) is 0 Å². The number of rotatable bonds is 4. The van der Waals surface area contributed by atoms with Crippen LogP contribution in [-0.2, 0) is 0 Å². The summed E-state index contributed by atoms with van der Waals surface area (Å²) in [6, 6.07) is 7.28. The van der Waals surface area contributed by atoms with Crippen molar-refractivity contribution in [2.24, 2.45) is 0 Å². The summed E-state index contributed by atoms with van der Waals surface area (Å²) in [7, 11) is 0. The van der Waals surface area contributed by atoms with Crippen molar-refractivity contribution in [2.45, 2.75) is 70.1 Å². The Morgan fingerprint density at radius 3 is 2.46 bits per heavy atom. The zero-order valence-electron chi connectivity index (χ0n) is 14.6. The first-order valence-corrected chi connectivity index (χ1v) is 9.00. The zero-order chi connectivity index (χ0) is 17.2. The molecule has 5 nitrogen and oxygen atoms in total. The van der Waals surface area contributed by atoms with Gasteiger partial charge >= 0.3 is 6.03 Å². The smallest absolute Gasteiger partial charge is 0.322 e. The van der Waals surface area contributed by atoms with E-state index in [0.717, 1.165) is 37.1 Å². The lowest BCUT2D eigenvalue weighted by atomic mass is 9.97. The first-order chi connectivity index (χ1) is 11.4. The molecule has 0 aromatic heterocycles. The fraction of sp³-hybridized carbons (Fsp3) is 0.632. The Morgan fingerprint density at radius 1 is 1.17 bits per heavy atom. The molecule has 0 bridgehead atoms. The average molecular weight is 332 g/mol. The number of aliphatic hydroxyl groups is 1. The zero-order valence-corrected chi connectivity index (χ0v) is 14.6. The Balaban J connectivity index is 1.58. The van der Waals surface area contributed by atoms with Crippen molar-refractivity contribution in [1.29, 1.82) is 0 Å². The van der Waals surface area contributed by atoms with E-state index in [1.54, 1.807) is 18.7 Å². The molecule has 1 aromatic carbocycles. The summed E-state index contributed by atoms with van der Waals surface area (Å²) in [5.74, 6) is 0.857. The lowest BCUT2D eigenvalue weighted by molar-refractivity contribution is 0.0117. The number of urea groups is 1. The third kappa shape index (κ3) is 4.01. The first kappa shape index (κ1) is 17.1. The Bertz CT molecular complexity index is 559. The van der Waals surface area contributed by atoms with Gasteiger partial charge in [0.15, 0.2) is 0 Å². The molecule has 0 radical (unpaired) electrons. The van der Waals surface area contributed by atoms with Gasteiger partial charge in [-0.3, -0.25) is 0 Å². The van der Waals surface area contributed by atoms with Gasteiger partial charge in [-0.15, -0.1) is 0 Å². The summed E-state index contributed by atoms with van der Waals surface area (Å²) < 4.78 is 5.94. The number of hydrogen-bond donors (Lipinski definition) is 2. The van der Waals surface area contributed by atoms with E-state index < -0.39 is 5.60 Å². The van der Waals surface area contributed by atoms with E-state index in [-0.39, 0.29) is 12.1 Å². The number of hydrogen-bond acceptors (Lipinski definition) is 3. The number of amides is 2. The van der Waals surface area contributed by atoms with Crippen LogP contribution in [0.25, 0.3) is 0 Å². The van der Waals surface area contributed by atoms with Crippen LogP contribution < -0.4 is 10.1 Å². The van der Waals surface area contributed by atoms with E-state index >= 15 is 0 Å². The first-order valence-electron chi connectivity index (χ1n) is 9.00. The number of nitrogens with one attached hydrogen (secondary N) is 1. The molecule has 2 N–H and O–H groups in total. The van der Waals surface area contributed by atoms with Crippen molar-refractivity contribution in [3.8, 4) is 5.75 Å². The topological polar surface area (TPSA) is 61.8 Å². The normalized spacial score (nSPS) is 22.0. The van der Waals surface area contributed by atoms with Gasteiger partial charge in [0.05, 0.1) is 17.7 Å². The summed E-state index contributed by atoms with van der Waals surface area (Å²) in [6.45, 7) is 4.21. The number of carbonyl (C=O) groups is 1. The van der Waals surface area contributed by atoms with Crippen molar-refractivity contribution in [1.82, 2.24) is 4.90 Å². The van der Waals surface area contributed by atoms with Crippen LogP contribution in [0.15, 0.2) is 24.3 Å². The molecule has 2 fully saturated rings. The van der Waals surface area contributed by atoms with Gasteiger partial charge in [-0.2, -0.15) is 0 Å². The van der Waals surface area contributed by atoms with Crippen molar-refractivity contribution in [3.05, 3.63) is 24.3 Å². The molecule has 1 heterocycles. The van der Waals surface area contributed by atoms with Crippen LogP contribution in [0.2, 0.25) is 0 Å². The van der Waals surface area contributed by atoms with Crippen molar-refractivity contribution in [2.75, 3.05) is 11.9 Å². The van der Waals surface area contributed by atoms with Gasteiger partial charge in [-0.1, -0.05) is 0 Å². The van der Waals surface area contributed by atoms with E-state index in [1.807, 2.05) is 24.3 Å². The minimum absolute atomic E-state index is 0.137. The molecule has 132 valence electrons. The van der Waals surface area contributed by atoms with Crippen LogP contribution >= 0.6 is 0 Å². The number of benzene rings is 1. The van der Waals surface area contributed by atoms with Crippen LogP contribution in [0.1, 0.15) is 52.4 Å². The lowest BCUT2D eigenvalue weighted by Crippen LogP contribution is -2.49. The minimum atomic E-state index is -0.882. The minimum Gasteiger partial charge on any atom is -0.490 e. The van der Waals surface area contributed by atoms with E-state index in [4.69, 9.17) is 4.74 Å². The van der Waals surface area contributed by atoms with Gasteiger partial charge in [-0.25, -0.2) is 4.79 Å². The second kappa shape index (κ2) is 7.01. The van der Waals surface area contributed by atoms with Crippen molar-refractivity contribution in [3.63, 3.8) is 0 Å². The predicted molar refractivity (Wildman–Crippen MR) is 94.4 cm³/mol. The maximum absolute atomic E-state index is 12.5. The molecule has 1 unspecified atom stereocenters. The molecule has 1 aliphatic carbocycles. The fourth-order valence-electron chi connectivity index (χ4n) is 3.76. The summed E-state index contributed by atoms with van der Waals surface area (Å²) in [6.07, 6.45) is 6.86. The molecule has 5 heteroatoms. The third-order valence-electron chi connectivity index (χ3n) is 5.04. The molecule has 2 amide bonds. The molecule has 1 atom stereocenters. The quantitative estimate of drug-likeness (QED) is 0.882. The second-order valence-corrected chi connectivity index (χ2v) is 7.48. The maximum Gasteiger partial charge on any atom is 0.322 e. The monoisotopic (exact) mass is 332 g/mol. The number of nitrogens with zero attached hydrogens (tertiary/aromatic N) is 1. The largest absolute Gasteiger partial charge is 0.490 e. The molecule has 24 heavy (non-hydrogen) atoms. The predicted octanol–water partition coefficient (Wildman–Crippen LogP) is 3.78. The maximum atomic E-state index is 12.5. The molecule has 1 aliphatic heterocycles. The summed E-state index contributed by atoms with van der Waals surface area (Å²) in [4.78, 5) is 14.2. The van der Waals surface area contributed by atoms with Crippen LogP contribution in [0.5, 0.6) is 5.75 Å². The third-order valence-corrected chi connectivity index (χ3v) is 5.04. The number of ether oxygens (including phenoxy) is 1. The number of carbonyl (C=O) groups excluding carboxylic acids is 1. The van der Waals surface area contributed by atoms with Crippen LogP contribution in [0.3, 0.4) is 0 Å². The Labute approximate surface area is 144 Å². The van der Waals surface area contributed by atoms with Gasteiger partial charge in [-0.05, 0) is 76.6 Å². The molecule has 0 spiro atoms. The highest BCUT2D eigenvalue weighted by molar-refractivity contribution is 5.89. The Kier molecular flexibility index (Phi) is 4.99. The highest BCUT2D eigenvalue weighted by atomic mass is 16.5. The SMILES string of the molecule is CC(C)(O)C1CCCN1C(=O)Nc1ccc(OC2CCCC2)cc1. The van der Waals surface area contributed by atoms with Gasteiger partial charge in [0, 0.05) is 12.2 Å². The molecule has 2 aliphatic rings. The molecular formula is C19H28N2O3. The van der Waals surface area contributed by atoms with E-state index in [0.29, 0.717) is 12.6 Å². The number of likely N-dealkylation sites (tertiary alicyclic amines) is 1. The van der Waals surface area contributed by atoms with Crippen LogP contribution in [-0.4, -0.2) is 40.3 Å². The van der Waals surface area contributed by atoms with E-state index in [1.165, 1.54) is 12.8 Å². The molecule has 1 saturated heterocycles. The fourth-order valence-corrected chi connectivity index (χ4v) is 3.76. The van der Waals surface area contributed by atoms with Gasteiger partial charge in [0.1, 0.15) is 5.75 Å². The molecular weight excluding hydrogens is 304 g/mol. The summed E-state index contributed by atoms with van der Waals surface area (Å²) in [5.41, 5.74) is -0.132.